The van der Waals surface area contributed by atoms with Crippen LogP contribution in [0.5, 0.6) is 0 Å². The second-order valence-electron chi connectivity index (χ2n) is 5.39. The van der Waals surface area contributed by atoms with Gasteiger partial charge in [-0.1, -0.05) is 5.16 Å². The third-order valence-corrected chi connectivity index (χ3v) is 4.46. The van der Waals surface area contributed by atoms with Crippen molar-refractivity contribution in [3.63, 3.8) is 0 Å². The summed E-state index contributed by atoms with van der Waals surface area (Å²) in [7, 11) is 0. The van der Waals surface area contributed by atoms with E-state index < -0.39 is 5.97 Å². The van der Waals surface area contributed by atoms with E-state index >= 15 is 0 Å². The van der Waals surface area contributed by atoms with Crippen LogP contribution in [0.3, 0.4) is 0 Å². The molecule has 0 aliphatic heterocycles. The summed E-state index contributed by atoms with van der Waals surface area (Å²) in [6.07, 6.45) is 1.89. The number of hydrogen-bond acceptors (Lipinski definition) is 6. The molecule has 1 fully saturated rings. The number of aromatic nitrogens is 1. The lowest BCUT2D eigenvalue weighted by Gasteiger charge is -2.01. The number of rotatable bonds is 5. The number of amides is 1. The lowest BCUT2D eigenvalue weighted by atomic mass is 10.3. The van der Waals surface area contributed by atoms with Gasteiger partial charge < -0.3 is 14.6 Å². The van der Waals surface area contributed by atoms with Crippen LogP contribution in [0, 0.1) is 19.8 Å². The Morgan fingerprint density at radius 2 is 2.18 bits per heavy atom. The van der Waals surface area contributed by atoms with E-state index in [1.165, 1.54) is 11.3 Å². The Hall–Kier alpha value is -2.15. The maximum Gasteiger partial charge on any atom is 0.349 e. The first kappa shape index (κ1) is 14.8. The highest BCUT2D eigenvalue weighted by Gasteiger charge is 2.30. The summed E-state index contributed by atoms with van der Waals surface area (Å²) in [5.41, 5.74) is 1.36. The van der Waals surface area contributed by atoms with Crippen LogP contribution in [0.4, 0.5) is 5.00 Å². The number of carbonyl (C=O) groups is 2. The molecule has 0 radical (unpaired) electrons. The van der Waals surface area contributed by atoms with Crippen LogP contribution >= 0.6 is 11.3 Å². The molecule has 0 spiro atoms. The highest BCUT2D eigenvalue weighted by molar-refractivity contribution is 7.18. The van der Waals surface area contributed by atoms with Crippen LogP contribution in [0.2, 0.25) is 0 Å². The number of carbonyl (C=O) groups excluding carboxylic acids is 2. The number of ether oxygens (including phenoxy) is 1. The van der Waals surface area contributed by atoms with Gasteiger partial charge in [-0.25, -0.2) is 4.79 Å². The molecule has 2 aromatic rings. The standard InChI is InChI=1S/C15H16N2O4S/c1-8-5-12(16-14(18)10-3-4-10)22-13(8)15(19)20-7-11-6-9(2)21-17-11/h5-6,10H,3-4,7H2,1-2H3,(H,16,18). The van der Waals surface area contributed by atoms with Crippen LogP contribution in [0.15, 0.2) is 16.7 Å². The Kier molecular flexibility index (Phi) is 3.98. The van der Waals surface area contributed by atoms with Crippen LogP contribution in [0.1, 0.15) is 39.5 Å². The van der Waals surface area contributed by atoms with Gasteiger partial charge in [-0.2, -0.15) is 0 Å². The van der Waals surface area contributed by atoms with Crippen LogP contribution in [-0.4, -0.2) is 17.0 Å². The third-order valence-electron chi connectivity index (χ3n) is 3.33. The topological polar surface area (TPSA) is 81.4 Å². The smallest absolute Gasteiger partial charge is 0.349 e. The molecule has 7 heteroatoms. The fraction of sp³-hybridized carbons (Fsp3) is 0.400. The molecule has 1 aliphatic carbocycles. The van der Waals surface area contributed by atoms with E-state index in [9.17, 15) is 9.59 Å². The van der Waals surface area contributed by atoms with E-state index in [1.54, 1.807) is 19.1 Å². The van der Waals surface area contributed by atoms with Crippen molar-refractivity contribution in [1.29, 1.82) is 0 Å². The molecular weight excluding hydrogens is 304 g/mol. The van der Waals surface area contributed by atoms with Gasteiger partial charge in [0.05, 0.1) is 5.00 Å². The molecule has 2 aromatic heterocycles. The van der Waals surface area contributed by atoms with Crippen molar-refractivity contribution >= 4 is 28.2 Å². The molecular formula is C15H16N2O4S. The van der Waals surface area contributed by atoms with Crippen molar-refractivity contribution in [1.82, 2.24) is 5.16 Å². The van der Waals surface area contributed by atoms with E-state index in [2.05, 4.69) is 10.5 Å². The van der Waals surface area contributed by atoms with Gasteiger partial charge in [-0.05, 0) is 38.3 Å². The molecule has 1 aliphatic rings. The van der Waals surface area contributed by atoms with E-state index in [-0.39, 0.29) is 18.4 Å². The first-order valence-electron chi connectivity index (χ1n) is 7.03. The Labute approximate surface area is 131 Å². The molecule has 0 aromatic carbocycles. The van der Waals surface area contributed by atoms with Crippen molar-refractivity contribution in [3.8, 4) is 0 Å². The number of aryl methyl sites for hydroxylation is 2. The van der Waals surface area contributed by atoms with Crippen molar-refractivity contribution in [2.45, 2.75) is 33.3 Å². The number of nitrogens with one attached hydrogen (secondary N) is 1. The molecule has 2 heterocycles. The van der Waals surface area contributed by atoms with Gasteiger partial charge in [0.25, 0.3) is 0 Å². The Morgan fingerprint density at radius 1 is 1.41 bits per heavy atom. The Morgan fingerprint density at radius 3 is 2.82 bits per heavy atom. The summed E-state index contributed by atoms with van der Waals surface area (Å²) in [5, 5.41) is 7.29. The minimum atomic E-state index is -0.421. The molecule has 6 nitrogen and oxygen atoms in total. The Bertz CT molecular complexity index is 715. The van der Waals surface area contributed by atoms with Gasteiger partial charge in [-0.15, -0.1) is 11.3 Å². The minimum Gasteiger partial charge on any atom is -0.455 e. The molecule has 1 saturated carbocycles. The maximum atomic E-state index is 12.1. The molecule has 22 heavy (non-hydrogen) atoms. The van der Waals surface area contributed by atoms with E-state index in [4.69, 9.17) is 9.26 Å². The first-order valence-corrected chi connectivity index (χ1v) is 7.85. The third kappa shape index (κ3) is 3.36. The lowest BCUT2D eigenvalue weighted by molar-refractivity contribution is -0.117. The maximum absolute atomic E-state index is 12.1. The highest BCUT2D eigenvalue weighted by atomic mass is 32.1. The summed E-state index contributed by atoms with van der Waals surface area (Å²) in [4.78, 5) is 24.3. The molecule has 0 atom stereocenters. The molecule has 3 rings (SSSR count). The summed E-state index contributed by atoms with van der Waals surface area (Å²) >= 11 is 1.23. The number of thiophene rings is 1. The zero-order chi connectivity index (χ0) is 15.7. The van der Waals surface area contributed by atoms with Crippen molar-refractivity contribution < 1.29 is 18.8 Å². The van der Waals surface area contributed by atoms with Crippen LogP contribution < -0.4 is 5.32 Å². The predicted octanol–water partition coefficient (Wildman–Crippen LogP) is 3.06. The van der Waals surface area contributed by atoms with Gasteiger partial charge in [0.15, 0.2) is 0 Å². The summed E-state index contributed by atoms with van der Waals surface area (Å²) in [5.74, 6) is 0.408. The molecule has 1 N–H and O–H groups in total. The molecule has 1 amide bonds. The number of anilines is 1. The summed E-state index contributed by atoms with van der Waals surface area (Å²) in [6.45, 7) is 3.66. The minimum absolute atomic E-state index is 0.0271. The zero-order valence-electron chi connectivity index (χ0n) is 12.3. The predicted molar refractivity (Wildman–Crippen MR) is 80.8 cm³/mol. The van der Waals surface area contributed by atoms with E-state index in [0.29, 0.717) is 21.3 Å². The largest absolute Gasteiger partial charge is 0.455 e. The fourth-order valence-electron chi connectivity index (χ4n) is 2.01. The van der Waals surface area contributed by atoms with Crippen molar-refractivity contribution in [2.24, 2.45) is 5.92 Å². The van der Waals surface area contributed by atoms with Gasteiger partial charge >= 0.3 is 5.97 Å². The fourth-order valence-corrected chi connectivity index (χ4v) is 2.98. The van der Waals surface area contributed by atoms with Gasteiger partial charge in [0.1, 0.15) is 22.9 Å². The first-order chi connectivity index (χ1) is 10.5. The average molecular weight is 320 g/mol. The molecule has 0 unspecified atom stereocenters. The van der Waals surface area contributed by atoms with E-state index in [0.717, 1.165) is 18.4 Å². The molecule has 116 valence electrons. The van der Waals surface area contributed by atoms with Gasteiger partial charge in [-0.3, -0.25) is 4.79 Å². The van der Waals surface area contributed by atoms with Gasteiger partial charge in [0, 0.05) is 12.0 Å². The number of nitrogens with zero attached hydrogens (tertiary/aromatic N) is 1. The average Bonchev–Trinajstić information content (AvgIpc) is 3.16. The normalized spacial score (nSPS) is 13.9. The molecule has 0 bridgehead atoms. The molecule has 0 saturated heterocycles. The zero-order valence-corrected chi connectivity index (χ0v) is 13.2. The second-order valence-corrected chi connectivity index (χ2v) is 6.44. The lowest BCUT2D eigenvalue weighted by Crippen LogP contribution is -2.12. The number of hydrogen-bond donors (Lipinski definition) is 1. The SMILES string of the molecule is Cc1cc(COC(=O)c2sc(NC(=O)C3CC3)cc2C)no1. The van der Waals surface area contributed by atoms with Crippen LogP contribution in [0.25, 0.3) is 0 Å². The summed E-state index contributed by atoms with van der Waals surface area (Å²) < 4.78 is 10.1. The van der Waals surface area contributed by atoms with Crippen LogP contribution in [-0.2, 0) is 16.1 Å². The summed E-state index contributed by atoms with van der Waals surface area (Å²) in [6, 6.07) is 3.51. The monoisotopic (exact) mass is 320 g/mol. The van der Waals surface area contributed by atoms with Crippen molar-refractivity contribution in [3.05, 3.63) is 34.0 Å². The van der Waals surface area contributed by atoms with Gasteiger partial charge in [0.2, 0.25) is 5.91 Å². The highest BCUT2D eigenvalue weighted by Crippen LogP contribution is 2.33. The Balaban J connectivity index is 1.61. The quantitative estimate of drug-likeness (QED) is 0.856. The number of esters is 1. The van der Waals surface area contributed by atoms with E-state index in [1.807, 2.05) is 6.92 Å². The second kappa shape index (κ2) is 5.92. The van der Waals surface area contributed by atoms with Crippen molar-refractivity contribution in [2.75, 3.05) is 5.32 Å².